The fourth-order valence-electron chi connectivity index (χ4n) is 4.98. The largest absolute Gasteiger partial charge is 0.379 e. The Balaban J connectivity index is 1.86. The molecule has 2 amide bonds. The number of rotatable bonds is 8. The summed E-state index contributed by atoms with van der Waals surface area (Å²) < 4.78 is 7.38. The van der Waals surface area contributed by atoms with E-state index in [9.17, 15) is 14.9 Å². The summed E-state index contributed by atoms with van der Waals surface area (Å²) in [4.78, 5) is 27.9. The van der Waals surface area contributed by atoms with Crippen LogP contribution in [0.4, 0.5) is 0 Å². The molecule has 1 aromatic heterocycles. The summed E-state index contributed by atoms with van der Waals surface area (Å²) >= 11 is 0. The third kappa shape index (κ3) is 5.76. The van der Waals surface area contributed by atoms with Crippen molar-refractivity contribution in [3.8, 4) is 23.0 Å². The smallest absolute Gasteiger partial charge is 0.271 e. The first-order valence-corrected chi connectivity index (χ1v) is 13.2. The molecule has 2 heterocycles. The minimum Gasteiger partial charge on any atom is -0.379 e. The Bertz CT molecular complexity index is 1500. The van der Waals surface area contributed by atoms with Crippen LogP contribution in [-0.4, -0.2) is 45.8 Å². The van der Waals surface area contributed by atoms with Crippen molar-refractivity contribution >= 4 is 17.9 Å². The zero-order chi connectivity index (χ0) is 28.3. The molecular formula is C32H34N4O3. The molecule has 0 unspecified atom stereocenters. The van der Waals surface area contributed by atoms with Gasteiger partial charge in [-0.05, 0) is 82.9 Å². The number of nitriles is 1. The number of benzene rings is 2. The van der Waals surface area contributed by atoms with Crippen LogP contribution in [0.3, 0.4) is 0 Å². The normalized spacial score (nSPS) is 15.0. The second-order valence-corrected chi connectivity index (χ2v) is 10.2. The lowest BCUT2D eigenvalue weighted by atomic mass is 9.91. The molecule has 0 atom stereocenters. The van der Waals surface area contributed by atoms with Crippen LogP contribution in [0.5, 0.6) is 0 Å². The number of carbonyl (C=O) groups is 2. The van der Waals surface area contributed by atoms with E-state index in [1.807, 2.05) is 56.4 Å². The summed E-state index contributed by atoms with van der Waals surface area (Å²) in [5.74, 6) is -0.982. The Hall–Kier alpha value is -4.28. The average molecular weight is 523 g/mol. The SMILES string of the molecule is CC1=C(C#N)C(=O)N(CCCOC(C)C)C(=O)/C1=C/c1cn(-c2ccccc2)nc1-c1c(C)cc(C)cc1C. The number of imide groups is 1. The monoisotopic (exact) mass is 522 g/mol. The van der Waals surface area contributed by atoms with Gasteiger partial charge in [-0.15, -0.1) is 0 Å². The van der Waals surface area contributed by atoms with Gasteiger partial charge in [0.05, 0.1) is 11.8 Å². The van der Waals surface area contributed by atoms with Gasteiger partial charge in [0.15, 0.2) is 0 Å². The zero-order valence-corrected chi connectivity index (χ0v) is 23.4. The van der Waals surface area contributed by atoms with Crippen LogP contribution in [0.1, 0.15) is 49.4 Å². The maximum atomic E-state index is 13.7. The summed E-state index contributed by atoms with van der Waals surface area (Å²) in [5.41, 5.74) is 7.31. The molecule has 0 aliphatic carbocycles. The molecule has 200 valence electrons. The van der Waals surface area contributed by atoms with Gasteiger partial charge in [0.2, 0.25) is 0 Å². The minimum atomic E-state index is -0.563. The predicted octanol–water partition coefficient (Wildman–Crippen LogP) is 5.87. The van der Waals surface area contributed by atoms with Crippen LogP contribution >= 0.6 is 0 Å². The van der Waals surface area contributed by atoms with Gasteiger partial charge in [0.25, 0.3) is 11.8 Å². The number of aromatic nitrogens is 2. The van der Waals surface area contributed by atoms with E-state index < -0.39 is 11.8 Å². The van der Waals surface area contributed by atoms with Gasteiger partial charge in [-0.25, -0.2) is 4.68 Å². The molecule has 0 saturated carbocycles. The molecule has 7 heteroatoms. The fraction of sp³-hybridized carbons (Fsp3) is 0.312. The first kappa shape index (κ1) is 27.7. The third-order valence-electron chi connectivity index (χ3n) is 6.78. The van der Waals surface area contributed by atoms with Crippen LogP contribution in [0, 0.1) is 32.1 Å². The van der Waals surface area contributed by atoms with Gasteiger partial charge >= 0.3 is 0 Å². The van der Waals surface area contributed by atoms with Crippen molar-refractivity contribution in [2.75, 3.05) is 13.2 Å². The second kappa shape index (κ2) is 11.6. The molecule has 2 aromatic carbocycles. The van der Waals surface area contributed by atoms with E-state index in [0.717, 1.165) is 44.1 Å². The molecule has 39 heavy (non-hydrogen) atoms. The van der Waals surface area contributed by atoms with Gasteiger partial charge in [-0.1, -0.05) is 35.9 Å². The molecule has 7 nitrogen and oxygen atoms in total. The lowest BCUT2D eigenvalue weighted by Gasteiger charge is -2.27. The van der Waals surface area contributed by atoms with Gasteiger partial charge in [-0.2, -0.15) is 10.4 Å². The maximum absolute atomic E-state index is 13.7. The van der Waals surface area contributed by atoms with Crippen molar-refractivity contribution in [1.82, 2.24) is 14.7 Å². The van der Waals surface area contributed by atoms with Crippen molar-refractivity contribution in [2.45, 2.75) is 54.1 Å². The molecule has 0 spiro atoms. The number of carbonyl (C=O) groups excluding carboxylic acids is 2. The molecule has 1 aliphatic heterocycles. The topological polar surface area (TPSA) is 88.2 Å². The third-order valence-corrected chi connectivity index (χ3v) is 6.78. The average Bonchev–Trinajstić information content (AvgIpc) is 3.29. The standard InChI is InChI=1S/C32H34N4O3/c1-20(2)39-14-10-13-35-31(37)27(24(6)28(18-33)32(35)38)17-25-19-36(26-11-8-7-9-12-26)34-30(25)29-22(4)15-21(3)16-23(29)5/h7-9,11-12,15-17,19-20H,10,13-14H2,1-6H3/b27-17+. The summed E-state index contributed by atoms with van der Waals surface area (Å²) in [5, 5.41) is 14.8. The number of hydrogen-bond acceptors (Lipinski definition) is 5. The van der Waals surface area contributed by atoms with E-state index in [-0.39, 0.29) is 18.2 Å². The highest BCUT2D eigenvalue weighted by molar-refractivity contribution is 6.19. The van der Waals surface area contributed by atoms with Crippen LogP contribution in [-0.2, 0) is 14.3 Å². The molecule has 0 N–H and O–H groups in total. The highest BCUT2D eigenvalue weighted by atomic mass is 16.5. The molecule has 0 radical (unpaired) electrons. The maximum Gasteiger partial charge on any atom is 0.271 e. The quantitative estimate of drug-likeness (QED) is 0.210. The molecule has 4 rings (SSSR count). The number of nitrogens with zero attached hydrogens (tertiary/aromatic N) is 4. The Morgan fingerprint density at radius 2 is 1.69 bits per heavy atom. The molecule has 3 aromatic rings. The highest BCUT2D eigenvalue weighted by Crippen LogP contribution is 2.34. The van der Waals surface area contributed by atoms with Gasteiger partial charge in [0.1, 0.15) is 17.3 Å². The summed E-state index contributed by atoms with van der Waals surface area (Å²) in [6.45, 7) is 12.3. The Labute approximate surface area is 230 Å². The van der Waals surface area contributed by atoms with Gasteiger partial charge in [-0.3, -0.25) is 14.5 Å². The van der Waals surface area contributed by atoms with E-state index in [0.29, 0.717) is 24.2 Å². The zero-order valence-electron chi connectivity index (χ0n) is 23.4. The second-order valence-electron chi connectivity index (χ2n) is 10.2. The summed E-state index contributed by atoms with van der Waals surface area (Å²) in [6.07, 6.45) is 4.19. The fourth-order valence-corrected chi connectivity index (χ4v) is 4.98. The van der Waals surface area contributed by atoms with Crippen molar-refractivity contribution in [1.29, 1.82) is 5.26 Å². The van der Waals surface area contributed by atoms with Crippen LogP contribution < -0.4 is 0 Å². The number of aryl methyl sites for hydroxylation is 3. The first-order chi connectivity index (χ1) is 18.6. The Morgan fingerprint density at radius 3 is 2.31 bits per heavy atom. The predicted molar refractivity (Wildman–Crippen MR) is 152 cm³/mol. The van der Waals surface area contributed by atoms with Crippen LogP contribution in [0.15, 0.2) is 65.4 Å². The van der Waals surface area contributed by atoms with E-state index in [2.05, 4.69) is 32.9 Å². The lowest BCUT2D eigenvalue weighted by molar-refractivity contribution is -0.140. The summed E-state index contributed by atoms with van der Waals surface area (Å²) in [6, 6.07) is 16.0. The number of ether oxygens (including phenoxy) is 1. The van der Waals surface area contributed by atoms with Crippen LogP contribution in [0.25, 0.3) is 23.0 Å². The van der Waals surface area contributed by atoms with Crippen molar-refractivity contribution in [3.05, 3.63) is 87.6 Å². The van der Waals surface area contributed by atoms with Gasteiger partial charge in [0, 0.05) is 36.0 Å². The highest BCUT2D eigenvalue weighted by Gasteiger charge is 2.35. The summed E-state index contributed by atoms with van der Waals surface area (Å²) in [7, 11) is 0. The molecule has 0 saturated heterocycles. The van der Waals surface area contributed by atoms with E-state index >= 15 is 0 Å². The van der Waals surface area contributed by atoms with E-state index in [4.69, 9.17) is 9.84 Å². The van der Waals surface area contributed by atoms with Gasteiger partial charge < -0.3 is 4.74 Å². The number of hydrogen-bond donors (Lipinski definition) is 0. The van der Waals surface area contributed by atoms with Crippen LogP contribution in [0.2, 0.25) is 0 Å². The number of amides is 2. The lowest BCUT2D eigenvalue weighted by Crippen LogP contribution is -2.43. The van der Waals surface area contributed by atoms with Crippen molar-refractivity contribution in [3.63, 3.8) is 0 Å². The number of para-hydroxylation sites is 1. The molecular weight excluding hydrogens is 488 g/mol. The van der Waals surface area contributed by atoms with Crippen molar-refractivity contribution < 1.29 is 14.3 Å². The minimum absolute atomic E-state index is 0.0228. The molecule has 0 bridgehead atoms. The Morgan fingerprint density at radius 1 is 1.03 bits per heavy atom. The first-order valence-electron chi connectivity index (χ1n) is 13.2. The van der Waals surface area contributed by atoms with Crippen molar-refractivity contribution in [2.24, 2.45) is 0 Å². The molecule has 0 fully saturated rings. The Kier molecular flexibility index (Phi) is 8.27. The molecule has 1 aliphatic rings. The van der Waals surface area contributed by atoms with E-state index in [1.165, 1.54) is 0 Å². The van der Waals surface area contributed by atoms with E-state index in [1.54, 1.807) is 17.7 Å².